The van der Waals surface area contributed by atoms with Gasteiger partial charge in [0.2, 0.25) is 0 Å². The van der Waals surface area contributed by atoms with Crippen LogP contribution in [0.2, 0.25) is 0 Å². The van der Waals surface area contributed by atoms with Crippen molar-refractivity contribution in [1.29, 1.82) is 5.41 Å². The van der Waals surface area contributed by atoms with E-state index in [1.807, 2.05) is 66.7 Å². The van der Waals surface area contributed by atoms with E-state index in [0.29, 0.717) is 12.4 Å². The lowest BCUT2D eigenvalue weighted by Gasteiger charge is -2.12. The number of ether oxygens (including phenoxy) is 1. The molecule has 0 fully saturated rings. The van der Waals surface area contributed by atoms with Crippen LogP contribution in [-0.4, -0.2) is 18.1 Å². The van der Waals surface area contributed by atoms with Crippen LogP contribution < -0.4 is 15.4 Å². The van der Waals surface area contributed by atoms with Crippen molar-refractivity contribution in [1.82, 2.24) is 10.3 Å². The first-order valence-corrected chi connectivity index (χ1v) is 7.99. The summed E-state index contributed by atoms with van der Waals surface area (Å²) >= 11 is 0. The molecule has 3 aromatic rings. The van der Waals surface area contributed by atoms with Gasteiger partial charge in [0.05, 0.1) is 7.11 Å². The molecule has 0 radical (unpaired) electrons. The molecule has 0 aliphatic rings. The highest BCUT2D eigenvalue weighted by Gasteiger charge is 2.05. The Labute approximate surface area is 147 Å². The lowest BCUT2D eigenvalue weighted by Crippen LogP contribution is -2.29. The number of guanidine groups is 1. The van der Waals surface area contributed by atoms with Gasteiger partial charge in [0.1, 0.15) is 11.6 Å². The van der Waals surface area contributed by atoms with Gasteiger partial charge in [-0.25, -0.2) is 4.98 Å². The van der Waals surface area contributed by atoms with E-state index in [0.717, 1.165) is 22.4 Å². The SMILES string of the molecule is COc1ccccc1CNC(=N)Nc1cc(-c2ccccc2)ccn1. The molecule has 0 unspecified atom stereocenters. The number of benzene rings is 2. The number of hydrogen-bond acceptors (Lipinski definition) is 3. The third kappa shape index (κ3) is 4.35. The Kier molecular flexibility index (Phi) is 5.26. The van der Waals surface area contributed by atoms with Crippen LogP contribution in [0.5, 0.6) is 5.75 Å². The number of anilines is 1. The maximum absolute atomic E-state index is 8.08. The number of hydrogen-bond donors (Lipinski definition) is 3. The quantitative estimate of drug-likeness (QED) is 0.490. The van der Waals surface area contributed by atoms with Crippen LogP contribution in [0.1, 0.15) is 5.56 Å². The van der Waals surface area contributed by atoms with Crippen molar-refractivity contribution in [3.63, 3.8) is 0 Å². The molecule has 3 rings (SSSR count). The average molecular weight is 332 g/mol. The molecule has 0 aliphatic carbocycles. The predicted molar refractivity (Wildman–Crippen MR) is 101 cm³/mol. The largest absolute Gasteiger partial charge is 0.496 e. The molecular formula is C20H20N4O. The van der Waals surface area contributed by atoms with Crippen molar-refractivity contribution >= 4 is 11.8 Å². The average Bonchev–Trinajstić information content (AvgIpc) is 2.67. The van der Waals surface area contributed by atoms with Crippen molar-refractivity contribution in [2.45, 2.75) is 6.54 Å². The van der Waals surface area contributed by atoms with E-state index in [-0.39, 0.29) is 5.96 Å². The number of nitrogens with one attached hydrogen (secondary N) is 3. The number of pyridine rings is 1. The van der Waals surface area contributed by atoms with Gasteiger partial charge < -0.3 is 15.4 Å². The Morgan fingerprint density at radius 1 is 1.00 bits per heavy atom. The smallest absolute Gasteiger partial charge is 0.194 e. The highest BCUT2D eigenvalue weighted by molar-refractivity contribution is 5.90. The summed E-state index contributed by atoms with van der Waals surface area (Å²) < 4.78 is 5.32. The van der Waals surface area contributed by atoms with Crippen LogP contribution in [-0.2, 0) is 6.54 Å². The lowest BCUT2D eigenvalue weighted by atomic mass is 10.1. The van der Waals surface area contributed by atoms with Crippen LogP contribution in [0.3, 0.4) is 0 Å². The Morgan fingerprint density at radius 2 is 1.76 bits per heavy atom. The molecule has 0 aliphatic heterocycles. The predicted octanol–water partition coefficient (Wildman–Crippen LogP) is 3.89. The van der Waals surface area contributed by atoms with E-state index >= 15 is 0 Å². The summed E-state index contributed by atoms with van der Waals surface area (Å²) in [5.41, 5.74) is 3.15. The van der Waals surface area contributed by atoms with Crippen molar-refractivity contribution in [3.05, 3.63) is 78.5 Å². The van der Waals surface area contributed by atoms with Crippen LogP contribution >= 0.6 is 0 Å². The molecule has 0 amide bonds. The van der Waals surface area contributed by atoms with Crippen LogP contribution in [0.4, 0.5) is 5.82 Å². The minimum atomic E-state index is 0.184. The normalized spacial score (nSPS) is 10.1. The molecule has 126 valence electrons. The van der Waals surface area contributed by atoms with Crippen molar-refractivity contribution in [3.8, 4) is 16.9 Å². The van der Waals surface area contributed by atoms with Gasteiger partial charge >= 0.3 is 0 Å². The van der Waals surface area contributed by atoms with Crippen LogP contribution in [0.15, 0.2) is 72.9 Å². The van der Waals surface area contributed by atoms with E-state index in [1.165, 1.54) is 0 Å². The maximum Gasteiger partial charge on any atom is 0.194 e. The van der Waals surface area contributed by atoms with Gasteiger partial charge in [-0.15, -0.1) is 0 Å². The number of para-hydroxylation sites is 1. The number of nitrogens with zero attached hydrogens (tertiary/aromatic N) is 1. The minimum Gasteiger partial charge on any atom is -0.496 e. The Bertz CT molecular complexity index is 849. The van der Waals surface area contributed by atoms with E-state index in [1.54, 1.807) is 13.3 Å². The zero-order valence-corrected chi connectivity index (χ0v) is 14.0. The molecule has 1 aromatic heterocycles. The van der Waals surface area contributed by atoms with Gasteiger partial charge in [0, 0.05) is 18.3 Å². The van der Waals surface area contributed by atoms with Crippen molar-refractivity contribution in [2.75, 3.05) is 12.4 Å². The van der Waals surface area contributed by atoms with Gasteiger partial charge in [0.25, 0.3) is 0 Å². The second-order valence-electron chi connectivity index (χ2n) is 5.46. The highest BCUT2D eigenvalue weighted by atomic mass is 16.5. The molecule has 0 saturated carbocycles. The maximum atomic E-state index is 8.08. The van der Waals surface area contributed by atoms with E-state index < -0.39 is 0 Å². The third-order valence-corrected chi connectivity index (χ3v) is 3.77. The Hall–Kier alpha value is -3.34. The molecule has 5 heteroatoms. The zero-order chi connectivity index (χ0) is 17.5. The van der Waals surface area contributed by atoms with E-state index in [2.05, 4.69) is 15.6 Å². The first-order chi connectivity index (χ1) is 12.3. The van der Waals surface area contributed by atoms with Crippen molar-refractivity contribution < 1.29 is 4.74 Å². The molecule has 1 heterocycles. The van der Waals surface area contributed by atoms with E-state index in [4.69, 9.17) is 10.1 Å². The fourth-order valence-electron chi connectivity index (χ4n) is 2.51. The molecular weight excluding hydrogens is 312 g/mol. The first kappa shape index (κ1) is 16.5. The number of rotatable bonds is 5. The second-order valence-corrected chi connectivity index (χ2v) is 5.46. The van der Waals surface area contributed by atoms with Crippen LogP contribution in [0.25, 0.3) is 11.1 Å². The van der Waals surface area contributed by atoms with Crippen molar-refractivity contribution in [2.24, 2.45) is 0 Å². The summed E-state index contributed by atoms with van der Waals surface area (Å²) in [5, 5.41) is 14.1. The summed E-state index contributed by atoms with van der Waals surface area (Å²) in [7, 11) is 1.64. The summed E-state index contributed by atoms with van der Waals surface area (Å²) in [6.45, 7) is 0.494. The monoisotopic (exact) mass is 332 g/mol. The Morgan fingerprint density at radius 3 is 2.56 bits per heavy atom. The molecule has 25 heavy (non-hydrogen) atoms. The zero-order valence-electron chi connectivity index (χ0n) is 14.0. The highest BCUT2D eigenvalue weighted by Crippen LogP contribution is 2.20. The molecule has 0 saturated heterocycles. The van der Waals surface area contributed by atoms with Gasteiger partial charge in [-0.3, -0.25) is 5.41 Å². The first-order valence-electron chi connectivity index (χ1n) is 7.99. The summed E-state index contributed by atoms with van der Waals surface area (Å²) in [4.78, 5) is 4.28. The molecule has 3 N–H and O–H groups in total. The topological polar surface area (TPSA) is 70.0 Å². The summed E-state index contributed by atoms with van der Waals surface area (Å²) in [6.07, 6.45) is 1.73. The standard InChI is InChI=1S/C20H20N4O/c1-25-18-10-6-5-9-17(18)14-23-20(21)24-19-13-16(11-12-22-19)15-7-3-2-4-8-15/h2-13H,14H2,1H3,(H3,21,22,23,24). The lowest BCUT2D eigenvalue weighted by molar-refractivity contribution is 0.409. The minimum absolute atomic E-state index is 0.184. The summed E-state index contributed by atoms with van der Waals surface area (Å²) in [6, 6.07) is 21.7. The molecule has 2 aromatic carbocycles. The Balaban J connectivity index is 1.63. The second kappa shape index (κ2) is 7.97. The van der Waals surface area contributed by atoms with E-state index in [9.17, 15) is 0 Å². The fraction of sp³-hybridized carbons (Fsp3) is 0.100. The van der Waals surface area contributed by atoms with Crippen LogP contribution in [0, 0.1) is 5.41 Å². The number of methoxy groups -OCH3 is 1. The molecule has 0 bridgehead atoms. The summed E-state index contributed by atoms with van der Waals surface area (Å²) in [5.74, 6) is 1.61. The molecule has 5 nitrogen and oxygen atoms in total. The number of aromatic nitrogens is 1. The fourth-order valence-corrected chi connectivity index (χ4v) is 2.51. The van der Waals surface area contributed by atoms with Gasteiger partial charge in [-0.1, -0.05) is 48.5 Å². The molecule has 0 atom stereocenters. The van der Waals surface area contributed by atoms with Gasteiger partial charge in [-0.05, 0) is 29.3 Å². The molecule has 0 spiro atoms. The third-order valence-electron chi connectivity index (χ3n) is 3.77. The van der Waals surface area contributed by atoms with Gasteiger partial charge in [0.15, 0.2) is 5.96 Å². The van der Waals surface area contributed by atoms with Gasteiger partial charge in [-0.2, -0.15) is 0 Å².